The number of aryl methyl sites for hydroxylation is 2. The molecule has 0 bridgehead atoms. The molecule has 5 heteroatoms. The van der Waals surface area contributed by atoms with Crippen LogP contribution in [-0.4, -0.2) is 15.9 Å². The van der Waals surface area contributed by atoms with E-state index in [2.05, 4.69) is 20.6 Å². The summed E-state index contributed by atoms with van der Waals surface area (Å²) in [6.07, 6.45) is 1.35. The van der Waals surface area contributed by atoms with E-state index in [1.165, 1.54) is 0 Å². The number of carbonyl (C=O) groups is 1. The molecule has 1 aliphatic heterocycles. The van der Waals surface area contributed by atoms with Gasteiger partial charge in [-0.25, -0.2) is 4.98 Å². The molecule has 0 saturated heterocycles. The molecular formula is C13H14N4O. The van der Waals surface area contributed by atoms with E-state index < -0.39 is 0 Å². The number of imidazole rings is 1. The quantitative estimate of drug-likeness (QED) is 0.715. The Morgan fingerprint density at radius 3 is 2.78 bits per heavy atom. The van der Waals surface area contributed by atoms with Crippen molar-refractivity contribution in [3.63, 3.8) is 0 Å². The molecule has 1 amide bonds. The van der Waals surface area contributed by atoms with Crippen molar-refractivity contribution in [3.05, 3.63) is 47.0 Å². The molecule has 0 fully saturated rings. The van der Waals surface area contributed by atoms with Gasteiger partial charge in [0, 0.05) is 11.4 Å². The van der Waals surface area contributed by atoms with Crippen LogP contribution in [0.3, 0.4) is 0 Å². The second kappa shape index (κ2) is 3.87. The molecule has 1 aromatic heterocycles. The molecular weight excluding hydrogens is 228 g/mol. The topological polar surface area (TPSA) is 69.8 Å². The van der Waals surface area contributed by atoms with E-state index in [0.29, 0.717) is 5.56 Å². The van der Waals surface area contributed by atoms with Gasteiger partial charge in [0.2, 0.25) is 0 Å². The van der Waals surface area contributed by atoms with Gasteiger partial charge in [0.25, 0.3) is 5.91 Å². The number of nitrogens with zero attached hydrogens (tertiary/aromatic N) is 1. The lowest BCUT2D eigenvalue weighted by molar-refractivity contribution is 0.0934. The first-order valence-corrected chi connectivity index (χ1v) is 5.83. The third-order valence-corrected chi connectivity index (χ3v) is 3.22. The molecule has 5 nitrogen and oxygen atoms in total. The maximum atomic E-state index is 12.1. The summed E-state index contributed by atoms with van der Waals surface area (Å²) < 4.78 is 0. The number of benzene rings is 1. The fourth-order valence-electron chi connectivity index (χ4n) is 2.28. The molecule has 2 aromatic rings. The summed E-state index contributed by atoms with van der Waals surface area (Å²) in [5, 5.41) is 6.22. The molecule has 3 N–H and O–H groups in total. The zero-order valence-electron chi connectivity index (χ0n) is 10.2. The van der Waals surface area contributed by atoms with Crippen molar-refractivity contribution in [1.29, 1.82) is 0 Å². The first-order chi connectivity index (χ1) is 8.66. The normalized spacial score (nSPS) is 17.9. The van der Waals surface area contributed by atoms with E-state index in [1.807, 2.05) is 32.0 Å². The Morgan fingerprint density at radius 2 is 2.06 bits per heavy atom. The summed E-state index contributed by atoms with van der Waals surface area (Å²) in [6.45, 7) is 3.86. The summed E-state index contributed by atoms with van der Waals surface area (Å²) in [6, 6.07) is 5.78. The van der Waals surface area contributed by atoms with Gasteiger partial charge in [-0.1, -0.05) is 12.1 Å². The minimum atomic E-state index is -0.280. The van der Waals surface area contributed by atoms with E-state index in [9.17, 15) is 4.79 Å². The van der Waals surface area contributed by atoms with Crippen LogP contribution in [0, 0.1) is 13.8 Å². The number of hydrogen-bond acceptors (Lipinski definition) is 3. The van der Waals surface area contributed by atoms with Gasteiger partial charge < -0.3 is 15.6 Å². The van der Waals surface area contributed by atoms with Crippen LogP contribution in [0.4, 0.5) is 5.69 Å². The molecule has 3 rings (SSSR count). The summed E-state index contributed by atoms with van der Waals surface area (Å²) in [4.78, 5) is 19.4. The van der Waals surface area contributed by atoms with E-state index in [0.717, 1.165) is 22.6 Å². The lowest BCUT2D eigenvalue weighted by Gasteiger charge is -2.28. The van der Waals surface area contributed by atoms with E-state index in [4.69, 9.17) is 0 Å². The van der Waals surface area contributed by atoms with Crippen LogP contribution in [0.25, 0.3) is 0 Å². The first kappa shape index (κ1) is 10.8. The number of rotatable bonds is 1. The number of fused-ring (bicyclic) bond motifs is 1. The van der Waals surface area contributed by atoms with Crippen molar-refractivity contribution in [2.45, 2.75) is 20.0 Å². The number of aromatic amines is 1. The van der Waals surface area contributed by atoms with Crippen molar-refractivity contribution in [1.82, 2.24) is 15.3 Å². The Morgan fingerprint density at radius 1 is 1.22 bits per heavy atom. The number of hydrogen-bond donors (Lipinski definition) is 3. The highest BCUT2D eigenvalue weighted by Crippen LogP contribution is 2.28. The van der Waals surface area contributed by atoms with Crippen molar-refractivity contribution >= 4 is 11.6 Å². The molecule has 0 radical (unpaired) electrons. The average Bonchev–Trinajstić information content (AvgIpc) is 2.75. The fourth-order valence-corrected chi connectivity index (χ4v) is 2.28. The highest BCUT2D eigenvalue weighted by atomic mass is 16.2. The van der Waals surface area contributed by atoms with Crippen LogP contribution in [-0.2, 0) is 0 Å². The van der Waals surface area contributed by atoms with Gasteiger partial charge in [0.1, 0.15) is 11.9 Å². The highest BCUT2D eigenvalue weighted by Gasteiger charge is 2.27. The number of H-pyrrole nitrogens is 1. The Hall–Kier alpha value is -2.30. The molecule has 0 unspecified atom stereocenters. The maximum Gasteiger partial charge on any atom is 0.255 e. The van der Waals surface area contributed by atoms with Crippen molar-refractivity contribution < 1.29 is 4.79 Å². The fraction of sp³-hybridized carbons (Fsp3) is 0.231. The Balaban J connectivity index is 2.02. The summed E-state index contributed by atoms with van der Waals surface area (Å²) in [5.74, 6) is -0.0609. The van der Waals surface area contributed by atoms with Gasteiger partial charge in [0.05, 0.1) is 11.9 Å². The third-order valence-electron chi connectivity index (χ3n) is 3.22. The molecule has 0 aliphatic carbocycles. The van der Waals surface area contributed by atoms with Crippen LogP contribution in [0.2, 0.25) is 0 Å². The zero-order chi connectivity index (χ0) is 12.7. The van der Waals surface area contributed by atoms with E-state index in [1.54, 1.807) is 6.33 Å². The molecule has 1 aromatic carbocycles. The average molecular weight is 242 g/mol. The minimum Gasteiger partial charge on any atom is -0.360 e. The molecule has 0 saturated carbocycles. The molecule has 1 aliphatic rings. The lowest BCUT2D eigenvalue weighted by Crippen LogP contribution is -2.39. The van der Waals surface area contributed by atoms with Gasteiger partial charge >= 0.3 is 0 Å². The van der Waals surface area contributed by atoms with Crippen molar-refractivity contribution in [2.24, 2.45) is 0 Å². The standard InChI is InChI=1S/C13H14N4O/c1-7-4-3-5-9-10(7)13(18)17-12(16-9)11-8(2)14-6-15-11/h3-6,12,16H,1-2H3,(H,14,15)(H,17,18)/t12-/m1/s1. The molecule has 18 heavy (non-hydrogen) atoms. The number of aromatic nitrogens is 2. The molecule has 1 atom stereocenters. The summed E-state index contributed by atoms with van der Waals surface area (Å²) in [7, 11) is 0. The smallest absolute Gasteiger partial charge is 0.255 e. The minimum absolute atomic E-state index is 0.0609. The second-order valence-corrected chi connectivity index (χ2v) is 4.46. The van der Waals surface area contributed by atoms with Gasteiger partial charge in [-0.15, -0.1) is 0 Å². The monoisotopic (exact) mass is 242 g/mol. The van der Waals surface area contributed by atoms with Crippen molar-refractivity contribution in [3.8, 4) is 0 Å². The Labute approximate surface area is 105 Å². The first-order valence-electron chi connectivity index (χ1n) is 5.83. The van der Waals surface area contributed by atoms with Gasteiger partial charge in [-0.2, -0.15) is 0 Å². The maximum absolute atomic E-state index is 12.1. The lowest BCUT2D eigenvalue weighted by atomic mass is 10.0. The number of carbonyl (C=O) groups excluding carboxylic acids is 1. The number of nitrogens with one attached hydrogen (secondary N) is 3. The SMILES string of the molecule is Cc1cccc2c1C(=O)N[C@H](c1nc[nH]c1C)N2. The zero-order valence-corrected chi connectivity index (χ0v) is 10.2. The van der Waals surface area contributed by atoms with E-state index in [-0.39, 0.29) is 12.1 Å². The highest BCUT2D eigenvalue weighted by molar-refractivity contribution is 6.03. The predicted molar refractivity (Wildman–Crippen MR) is 68.3 cm³/mol. The van der Waals surface area contributed by atoms with Crippen LogP contribution in [0.1, 0.15) is 33.5 Å². The van der Waals surface area contributed by atoms with Crippen LogP contribution < -0.4 is 10.6 Å². The third kappa shape index (κ3) is 1.55. The molecule has 92 valence electrons. The largest absolute Gasteiger partial charge is 0.360 e. The summed E-state index contributed by atoms with van der Waals surface area (Å²) >= 11 is 0. The molecule has 0 spiro atoms. The van der Waals surface area contributed by atoms with Gasteiger partial charge in [0.15, 0.2) is 0 Å². The number of amides is 1. The molecule has 2 heterocycles. The second-order valence-electron chi connectivity index (χ2n) is 4.46. The van der Waals surface area contributed by atoms with Crippen LogP contribution in [0.15, 0.2) is 24.5 Å². The van der Waals surface area contributed by atoms with Gasteiger partial charge in [-0.05, 0) is 25.5 Å². The van der Waals surface area contributed by atoms with Crippen LogP contribution >= 0.6 is 0 Å². The van der Waals surface area contributed by atoms with Gasteiger partial charge in [-0.3, -0.25) is 4.79 Å². The predicted octanol–water partition coefficient (Wildman–Crippen LogP) is 1.88. The van der Waals surface area contributed by atoms with E-state index >= 15 is 0 Å². The summed E-state index contributed by atoms with van der Waals surface area (Å²) in [5.41, 5.74) is 4.29. The Bertz CT molecular complexity index is 617. The van der Waals surface area contributed by atoms with Crippen LogP contribution in [0.5, 0.6) is 0 Å². The Kier molecular flexibility index (Phi) is 2.33. The number of anilines is 1. The van der Waals surface area contributed by atoms with Crippen molar-refractivity contribution in [2.75, 3.05) is 5.32 Å².